The van der Waals surface area contributed by atoms with Crippen LogP contribution in [-0.2, 0) is 4.79 Å². The number of carbonyl (C=O) groups is 1. The minimum absolute atomic E-state index is 0.0127. The lowest BCUT2D eigenvalue weighted by atomic mass is 10.1. The first-order valence-electron chi connectivity index (χ1n) is 5.32. The van der Waals surface area contributed by atoms with Crippen LogP contribution in [0.1, 0.15) is 19.4 Å². The summed E-state index contributed by atoms with van der Waals surface area (Å²) in [6, 6.07) is 9.81. The number of amidine groups is 1. The molecule has 5 heteroatoms. The van der Waals surface area contributed by atoms with Gasteiger partial charge < -0.3 is 5.32 Å². The highest BCUT2D eigenvalue weighted by Crippen LogP contribution is 2.18. The van der Waals surface area contributed by atoms with Crippen molar-refractivity contribution in [3.8, 4) is 0 Å². The Morgan fingerprint density at radius 2 is 2.06 bits per heavy atom. The van der Waals surface area contributed by atoms with E-state index in [4.69, 9.17) is 0 Å². The summed E-state index contributed by atoms with van der Waals surface area (Å²) in [6.45, 7) is 3.74. The van der Waals surface area contributed by atoms with Gasteiger partial charge in [-0.1, -0.05) is 42.1 Å². The van der Waals surface area contributed by atoms with Crippen molar-refractivity contribution in [3.05, 3.63) is 35.9 Å². The number of carbonyl (C=O) groups excluding carboxylic acids is 1. The smallest absolute Gasteiger partial charge is 0.239 e. The molecule has 0 radical (unpaired) electrons. The summed E-state index contributed by atoms with van der Waals surface area (Å²) in [5, 5.41) is 11.3. The summed E-state index contributed by atoms with van der Waals surface area (Å²) in [4.78, 5) is 11.2. The highest BCUT2D eigenvalue weighted by Gasteiger charge is 2.25. The lowest BCUT2D eigenvalue weighted by molar-refractivity contribution is -0.118. The van der Waals surface area contributed by atoms with Gasteiger partial charge >= 0.3 is 0 Å². The lowest BCUT2D eigenvalue weighted by Gasteiger charge is -1.97. The summed E-state index contributed by atoms with van der Waals surface area (Å²) >= 11 is 1.39. The van der Waals surface area contributed by atoms with Crippen LogP contribution in [0.15, 0.2) is 40.5 Å². The Bertz CT molecular complexity index is 482. The Morgan fingerprint density at radius 3 is 2.65 bits per heavy atom. The first kappa shape index (κ1) is 11.9. The van der Waals surface area contributed by atoms with E-state index in [0.717, 1.165) is 11.3 Å². The fourth-order valence-corrected chi connectivity index (χ4v) is 2.11. The molecule has 0 aliphatic carbocycles. The van der Waals surface area contributed by atoms with Gasteiger partial charge in [0, 0.05) is 0 Å². The molecule has 1 aliphatic heterocycles. The monoisotopic (exact) mass is 247 g/mol. The fourth-order valence-electron chi connectivity index (χ4n) is 1.36. The number of hydrogen-bond donors (Lipinski definition) is 1. The minimum Gasteiger partial charge on any atom is -0.303 e. The SMILES string of the molecule is C/C(=N/N=C1/NC(=O)[C@@H](C)S1)c1ccccc1. The van der Waals surface area contributed by atoms with E-state index >= 15 is 0 Å². The predicted molar refractivity (Wildman–Crippen MR) is 71.3 cm³/mol. The van der Waals surface area contributed by atoms with E-state index in [0.29, 0.717) is 5.17 Å². The van der Waals surface area contributed by atoms with E-state index < -0.39 is 0 Å². The van der Waals surface area contributed by atoms with Crippen LogP contribution in [0.2, 0.25) is 0 Å². The maximum Gasteiger partial charge on any atom is 0.239 e. The fraction of sp³-hybridized carbons (Fsp3) is 0.250. The van der Waals surface area contributed by atoms with Crippen LogP contribution >= 0.6 is 11.8 Å². The number of thioether (sulfide) groups is 1. The summed E-state index contributed by atoms with van der Waals surface area (Å²) in [7, 11) is 0. The Labute approximate surface area is 104 Å². The molecule has 1 atom stereocenters. The van der Waals surface area contributed by atoms with Crippen LogP contribution in [0.25, 0.3) is 0 Å². The molecule has 0 bridgehead atoms. The minimum atomic E-state index is -0.0824. The molecule has 1 amide bonds. The second-order valence-corrected chi connectivity index (χ2v) is 5.04. The molecule has 1 N–H and O–H groups in total. The lowest BCUT2D eigenvalue weighted by Crippen LogP contribution is -2.23. The highest BCUT2D eigenvalue weighted by atomic mass is 32.2. The molecular weight excluding hydrogens is 234 g/mol. The van der Waals surface area contributed by atoms with Crippen molar-refractivity contribution in [1.82, 2.24) is 5.32 Å². The zero-order valence-electron chi connectivity index (χ0n) is 9.68. The van der Waals surface area contributed by atoms with E-state index in [2.05, 4.69) is 15.5 Å². The van der Waals surface area contributed by atoms with Crippen molar-refractivity contribution in [1.29, 1.82) is 0 Å². The Balaban J connectivity index is 2.11. The number of rotatable bonds is 2. The molecule has 0 aromatic heterocycles. The molecule has 0 unspecified atom stereocenters. The number of nitrogens with zero attached hydrogens (tertiary/aromatic N) is 2. The first-order valence-corrected chi connectivity index (χ1v) is 6.20. The van der Waals surface area contributed by atoms with Crippen molar-refractivity contribution in [2.45, 2.75) is 19.1 Å². The van der Waals surface area contributed by atoms with Crippen molar-refractivity contribution in [2.24, 2.45) is 10.2 Å². The Morgan fingerprint density at radius 1 is 1.35 bits per heavy atom. The third-order valence-electron chi connectivity index (χ3n) is 2.37. The van der Waals surface area contributed by atoms with Crippen LogP contribution in [-0.4, -0.2) is 22.0 Å². The molecule has 1 aromatic carbocycles. The number of hydrogen-bond acceptors (Lipinski definition) is 4. The summed E-state index contributed by atoms with van der Waals surface area (Å²) < 4.78 is 0. The second kappa shape index (κ2) is 5.14. The Hall–Kier alpha value is -1.62. The van der Waals surface area contributed by atoms with Gasteiger partial charge in [-0.2, -0.15) is 5.10 Å². The molecule has 1 heterocycles. The summed E-state index contributed by atoms with van der Waals surface area (Å²) in [6.07, 6.45) is 0. The normalized spacial score (nSPS) is 22.9. The molecule has 0 saturated carbocycles. The van der Waals surface area contributed by atoms with Gasteiger partial charge in [-0.15, -0.1) is 5.10 Å². The van der Waals surface area contributed by atoms with Gasteiger partial charge in [-0.05, 0) is 19.4 Å². The zero-order valence-corrected chi connectivity index (χ0v) is 10.5. The van der Waals surface area contributed by atoms with Gasteiger partial charge in [0.05, 0.1) is 11.0 Å². The van der Waals surface area contributed by atoms with Crippen molar-refractivity contribution in [2.75, 3.05) is 0 Å². The quantitative estimate of drug-likeness (QED) is 0.642. The van der Waals surface area contributed by atoms with Crippen molar-refractivity contribution in [3.63, 3.8) is 0 Å². The number of benzene rings is 1. The molecule has 0 spiro atoms. The highest BCUT2D eigenvalue weighted by molar-refractivity contribution is 8.15. The van der Waals surface area contributed by atoms with Gasteiger partial charge in [-0.25, -0.2) is 0 Å². The average Bonchev–Trinajstić information content (AvgIpc) is 2.67. The second-order valence-electron chi connectivity index (χ2n) is 3.71. The largest absolute Gasteiger partial charge is 0.303 e. The van der Waals surface area contributed by atoms with Crippen LogP contribution in [0.5, 0.6) is 0 Å². The van der Waals surface area contributed by atoms with Gasteiger partial charge in [0.15, 0.2) is 5.17 Å². The molecule has 1 fully saturated rings. The number of amides is 1. The number of nitrogens with one attached hydrogen (secondary N) is 1. The van der Waals surface area contributed by atoms with E-state index in [1.165, 1.54) is 11.8 Å². The standard InChI is InChI=1S/C12H13N3OS/c1-8(10-6-4-3-5-7-10)14-15-12-13-11(16)9(2)17-12/h3-7,9H,1-2H3,(H,13,15,16)/b14-8-/t9-/m1/s1. The van der Waals surface area contributed by atoms with Crippen LogP contribution in [0.4, 0.5) is 0 Å². The molecule has 17 heavy (non-hydrogen) atoms. The molecule has 2 rings (SSSR count). The van der Waals surface area contributed by atoms with Gasteiger partial charge in [0.1, 0.15) is 0 Å². The molecule has 1 aliphatic rings. The third kappa shape index (κ3) is 2.94. The molecule has 1 saturated heterocycles. The average molecular weight is 247 g/mol. The van der Waals surface area contributed by atoms with Gasteiger partial charge in [-0.3, -0.25) is 4.79 Å². The van der Waals surface area contributed by atoms with Crippen molar-refractivity contribution < 1.29 is 4.79 Å². The zero-order chi connectivity index (χ0) is 12.3. The topological polar surface area (TPSA) is 53.8 Å². The van der Waals surface area contributed by atoms with Crippen LogP contribution in [0, 0.1) is 0 Å². The Kier molecular flexibility index (Phi) is 3.58. The van der Waals surface area contributed by atoms with E-state index in [9.17, 15) is 4.79 Å². The van der Waals surface area contributed by atoms with Gasteiger partial charge in [0.2, 0.25) is 5.91 Å². The van der Waals surface area contributed by atoms with Gasteiger partial charge in [0.25, 0.3) is 0 Å². The molecule has 88 valence electrons. The molecular formula is C12H13N3OS. The van der Waals surface area contributed by atoms with Crippen molar-refractivity contribution >= 4 is 28.5 Å². The maximum atomic E-state index is 11.2. The summed E-state index contributed by atoms with van der Waals surface area (Å²) in [5.74, 6) is -0.0127. The van der Waals surface area contributed by atoms with E-state index in [-0.39, 0.29) is 11.2 Å². The maximum absolute atomic E-state index is 11.2. The first-order chi connectivity index (χ1) is 8.16. The van der Waals surface area contributed by atoms with Crippen LogP contribution in [0.3, 0.4) is 0 Å². The van der Waals surface area contributed by atoms with Crippen LogP contribution < -0.4 is 5.32 Å². The molecule has 4 nitrogen and oxygen atoms in total. The van der Waals surface area contributed by atoms with E-state index in [1.54, 1.807) is 0 Å². The molecule has 1 aromatic rings. The van der Waals surface area contributed by atoms with E-state index in [1.807, 2.05) is 44.2 Å². The summed E-state index contributed by atoms with van der Waals surface area (Å²) in [5.41, 5.74) is 1.85. The third-order valence-corrected chi connectivity index (χ3v) is 3.34. The predicted octanol–water partition coefficient (Wildman–Crippen LogP) is 2.02.